The lowest BCUT2D eigenvalue weighted by Crippen LogP contribution is -2.36. The Morgan fingerprint density at radius 2 is 1.97 bits per heavy atom. The quantitative estimate of drug-likeness (QED) is 0.446. The van der Waals surface area contributed by atoms with E-state index in [0.29, 0.717) is 35.8 Å². The van der Waals surface area contributed by atoms with Crippen molar-refractivity contribution in [3.05, 3.63) is 71.2 Å². The highest BCUT2D eigenvalue weighted by molar-refractivity contribution is 8.18. The number of nitrogens with zero attached hydrogens (tertiary/aromatic N) is 1. The van der Waals surface area contributed by atoms with E-state index < -0.39 is 17.1 Å². The number of ether oxygens (including phenoxy) is 2. The summed E-state index contributed by atoms with van der Waals surface area (Å²) in [6, 6.07) is 12.5. The summed E-state index contributed by atoms with van der Waals surface area (Å²) in [5, 5.41) is 2.19. The highest BCUT2D eigenvalue weighted by atomic mass is 32.2. The first kappa shape index (κ1) is 23.1. The Hall–Kier alpha value is -3.52. The predicted molar refractivity (Wildman–Crippen MR) is 126 cm³/mol. The third-order valence-electron chi connectivity index (χ3n) is 4.55. The summed E-state index contributed by atoms with van der Waals surface area (Å²) >= 11 is 0.800. The van der Waals surface area contributed by atoms with Crippen molar-refractivity contribution < 1.29 is 23.9 Å². The van der Waals surface area contributed by atoms with E-state index in [1.165, 1.54) is 0 Å². The van der Waals surface area contributed by atoms with Gasteiger partial charge < -0.3 is 14.8 Å². The second-order valence-electron chi connectivity index (χ2n) is 6.82. The standard InChI is InChI=1S/C24H24N2O5S/c1-4-9-17-12-16(13-19(31-5-2)22(17)30-3)14-20-23(28)26(24(29)32-20)15-21(27)25-18-10-7-6-8-11-18/h4,6-8,10-14H,1,5,9,15H2,2-3H3,(H,25,27)/b20-14-. The Morgan fingerprint density at radius 1 is 1.22 bits per heavy atom. The molecule has 32 heavy (non-hydrogen) atoms. The molecule has 8 heteroatoms. The van der Waals surface area contributed by atoms with E-state index in [9.17, 15) is 14.4 Å². The van der Waals surface area contributed by atoms with Crippen molar-refractivity contribution in [2.24, 2.45) is 0 Å². The summed E-state index contributed by atoms with van der Waals surface area (Å²) in [7, 11) is 1.57. The van der Waals surface area contributed by atoms with Crippen molar-refractivity contribution in [3.8, 4) is 11.5 Å². The molecule has 0 bridgehead atoms. The summed E-state index contributed by atoms with van der Waals surface area (Å²) < 4.78 is 11.2. The summed E-state index contributed by atoms with van der Waals surface area (Å²) in [5.41, 5.74) is 2.13. The third kappa shape index (κ3) is 5.39. The van der Waals surface area contributed by atoms with Crippen LogP contribution in [0.3, 0.4) is 0 Å². The molecule has 1 fully saturated rings. The van der Waals surface area contributed by atoms with Crippen molar-refractivity contribution in [1.82, 2.24) is 4.90 Å². The SMILES string of the molecule is C=CCc1cc(/C=C2\SC(=O)N(CC(=O)Nc3ccccc3)C2=O)cc(OCC)c1OC. The average Bonchev–Trinajstić information content (AvgIpc) is 3.02. The molecule has 0 atom stereocenters. The van der Waals surface area contributed by atoms with Crippen molar-refractivity contribution in [2.45, 2.75) is 13.3 Å². The topological polar surface area (TPSA) is 84.9 Å². The lowest BCUT2D eigenvalue weighted by molar-refractivity contribution is -0.127. The molecule has 0 unspecified atom stereocenters. The Morgan fingerprint density at radius 3 is 2.62 bits per heavy atom. The van der Waals surface area contributed by atoms with Crippen LogP contribution in [0.4, 0.5) is 10.5 Å². The molecule has 1 saturated heterocycles. The van der Waals surface area contributed by atoms with Crippen LogP contribution in [0.15, 0.2) is 60.0 Å². The van der Waals surface area contributed by atoms with Crippen molar-refractivity contribution in [3.63, 3.8) is 0 Å². The molecule has 0 spiro atoms. The van der Waals surface area contributed by atoms with Crippen LogP contribution in [0, 0.1) is 0 Å². The van der Waals surface area contributed by atoms with E-state index >= 15 is 0 Å². The highest BCUT2D eigenvalue weighted by Gasteiger charge is 2.36. The first-order valence-corrected chi connectivity index (χ1v) is 10.8. The predicted octanol–water partition coefficient (Wildman–Crippen LogP) is 4.50. The normalized spacial score (nSPS) is 14.6. The zero-order chi connectivity index (χ0) is 23.1. The molecule has 1 aliphatic rings. The number of hydrogen-bond acceptors (Lipinski definition) is 6. The van der Waals surface area contributed by atoms with Crippen LogP contribution in [0.25, 0.3) is 6.08 Å². The largest absolute Gasteiger partial charge is 0.493 e. The molecule has 166 valence electrons. The molecule has 3 rings (SSSR count). The first-order chi connectivity index (χ1) is 15.5. The van der Waals surface area contributed by atoms with Gasteiger partial charge >= 0.3 is 0 Å². The molecule has 2 aromatic rings. The van der Waals surface area contributed by atoms with Gasteiger partial charge in [-0.25, -0.2) is 0 Å². The van der Waals surface area contributed by atoms with Crippen molar-refractivity contribution >= 4 is 40.6 Å². The molecule has 2 aromatic carbocycles. The number of amides is 3. The molecule has 1 aliphatic heterocycles. The van der Waals surface area contributed by atoms with Crippen LogP contribution < -0.4 is 14.8 Å². The highest BCUT2D eigenvalue weighted by Crippen LogP contribution is 2.37. The van der Waals surface area contributed by atoms with Gasteiger partial charge in [-0.05, 0) is 61.0 Å². The summed E-state index contributed by atoms with van der Waals surface area (Å²) in [6.07, 6.45) is 3.91. The summed E-state index contributed by atoms with van der Waals surface area (Å²) in [6.45, 7) is 5.73. The number of anilines is 1. The Balaban J connectivity index is 1.81. The molecule has 0 aromatic heterocycles. The maximum Gasteiger partial charge on any atom is 0.294 e. The lowest BCUT2D eigenvalue weighted by Gasteiger charge is -2.14. The number of imide groups is 1. The molecule has 1 heterocycles. The summed E-state index contributed by atoms with van der Waals surface area (Å²) in [5.74, 6) is 0.190. The van der Waals surface area contributed by atoms with Gasteiger partial charge in [0.1, 0.15) is 6.54 Å². The minimum atomic E-state index is -0.512. The minimum absolute atomic E-state index is 0.236. The Bertz CT molecular complexity index is 1070. The average molecular weight is 453 g/mol. The van der Waals surface area contributed by atoms with E-state index in [4.69, 9.17) is 9.47 Å². The van der Waals surface area contributed by atoms with E-state index in [-0.39, 0.29) is 11.4 Å². The summed E-state index contributed by atoms with van der Waals surface area (Å²) in [4.78, 5) is 38.7. The maximum absolute atomic E-state index is 12.8. The zero-order valence-electron chi connectivity index (χ0n) is 17.9. The maximum atomic E-state index is 12.8. The third-order valence-corrected chi connectivity index (χ3v) is 5.46. The van der Waals surface area contributed by atoms with Crippen LogP contribution in [-0.2, 0) is 16.0 Å². The molecule has 3 amide bonds. The number of nitrogens with one attached hydrogen (secondary N) is 1. The van der Waals surface area contributed by atoms with Crippen LogP contribution in [0.1, 0.15) is 18.1 Å². The number of thioether (sulfide) groups is 1. The molecule has 7 nitrogen and oxygen atoms in total. The van der Waals surface area contributed by atoms with Gasteiger partial charge in [-0.1, -0.05) is 24.3 Å². The number of methoxy groups -OCH3 is 1. The lowest BCUT2D eigenvalue weighted by atomic mass is 10.0. The second kappa shape index (κ2) is 10.7. The van der Waals surface area contributed by atoms with Crippen molar-refractivity contribution in [1.29, 1.82) is 0 Å². The number of para-hydroxylation sites is 1. The fourth-order valence-corrected chi connectivity index (χ4v) is 4.06. The van der Waals surface area contributed by atoms with Crippen LogP contribution in [-0.4, -0.2) is 42.2 Å². The van der Waals surface area contributed by atoms with Gasteiger partial charge in [0.15, 0.2) is 11.5 Å². The fourth-order valence-electron chi connectivity index (χ4n) is 3.22. The van der Waals surface area contributed by atoms with Gasteiger partial charge in [0.05, 0.1) is 18.6 Å². The van der Waals surface area contributed by atoms with Gasteiger partial charge in [0.2, 0.25) is 5.91 Å². The Kier molecular flexibility index (Phi) is 7.72. The number of benzene rings is 2. The van der Waals surface area contributed by atoms with Gasteiger partial charge in [-0.15, -0.1) is 6.58 Å². The van der Waals surface area contributed by atoms with Crippen LogP contribution in [0.2, 0.25) is 0 Å². The van der Waals surface area contributed by atoms with E-state index in [1.807, 2.05) is 19.1 Å². The molecular weight excluding hydrogens is 428 g/mol. The number of carbonyl (C=O) groups excluding carboxylic acids is 3. The second-order valence-corrected chi connectivity index (χ2v) is 7.81. The van der Waals surface area contributed by atoms with E-state index in [2.05, 4.69) is 11.9 Å². The monoisotopic (exact) mass is 452 g/mol. The van der Waals surface area contributed by atoms with Crippen LogP contribution in [0.5, 0.6) is 11.5 Å². The number of rotatable bonds is 9. The zero-order valence-corrected chi connectivity index (χ0v) is 18.7. The molecule has 0 saturated carbocycles. The van der Waals surface area contributed by atoms with Gasteiger partial charge in [0, 0.05) is 11.3 Å². The minimum Gasteiger partial charge on any atom is -0.493 e. The van der Waals surface area contributed by atoms with E-state index in [0.717, 1.165) is 22.2 Å². The van der Waals surface area contributed by atoms with Gasteiger partial charge in [0.25, 0.3) is 11.1 Å². The number of allylic oxidation sites excluding steroid dienone is 1. The smallest absolute Gasteiger partial charge is 0.294 e. The van der Waals surface area contributed by atoms with Crippen molar-refractivity contribution in [2.75, 3.05) is 25.6 Å². The molecular formula is C24H24N2O5S. The van der Waals surface area contributed by atoms with Gasteiger partial charge in [-0.3, -0.25) is 19.3 Å². The molecule has 1 N–H and O–H groups in total. The Labute approximate surface area is 191 Å². The van der Waals surface area contributed by atoms with Crippen LogP contribution >= 0.6 is 11.8 Å². The first-order valence-electron chi connectivity index (χ1n) is 10.0. The molecule has 0 aliphatic carbocycles. The number of hydrogen-bond donors (Lipinski definition) is 1. The molecule has 0 radical (unpaired) electrons. The number of carbonyl (C=O) groups is 3. The van der Waals surface area contributed by atoms with E-state index in [1.54, 1.807) is 49.6 Å². The fraction of sp³-hybridized carbons (Fsp3) is 0.208. The van der Waals surface area contributed by atoms with Gasteiger partial charge in [-0.2, -0.15) is 0 Å².